The maximum Gasteiger partial charge on any atom is 0.225 e. The van der Waals surface area contributed by atoms with Crippen molar-refractivity contribution in [1.29, 1.82) is 0 Å². The number of hydrogen-bond donors (Lipinski definition) is 2. The van der Waals surface area contributed by atoms with E-state index >= 15 is 0 Å². The molecule has 116 valence electrons. The third kappa shape index (κ3) is 4.45. The molecule has 1 atom stereocenters. The molecule has 1 aromatic rings. The molecule has 1 aliphatic rings. The van der Waals surface area contributed by atoms with E-state index in [1.54, 1.807) is 0 Å². The van der Waals surface area contributed by atoms with Crippen molar-refractivity contribution >= 4 is 17.5 Å². The number of carbonyl (C=O) groups is 1. The van der Waals surface area contributed by atoms with E-state index in [0.29, 0.717) is 12.5 Å². The Morgan fingerprint density at radius 1 is 1.48 bits per heavy atom. The second-order valence-corrected chi connectivity index (χ2v) is 6.84. The van der Waals surface area contributed by atoms with E-state index in [4.69, 9.17) is 11.6 Å². The fourth-order valence-electron chi connectivity index (χ4n) is 2.89. The lowest BCUT2D eigenvalue weighted by atomic mass is 9.74. The van der Waals surface area contributed by atoms with Gasteiger partial charge in [-0.05, 0) is 56.0 Å². The molecule has 0 radical (unpaired) electrons. The minimum Gasteiger partial charge on any atom is -0.355 e. The molecule has 1 aromatic carbocycles. The molecule has 0 saturated carbocycles. The molecule has 1 aliphatic heterocycles. The van der Waals surface area contributed by atoms with Crippen LogP contribution in [0.3, 0.4) is 0 Å². The van der Waals surface area contributed by atoms with Gasteiger partial charge in [-0.1, -0.05) is 37.6 Å². The Labute approximate surface area is 132 Å². The average molecular weight is 309 g/mol. The van der Waals surface area contributed by atoms with Gasteiger partial charge in [-0.25, -0.2) is 0 Å². The molecule has 21 heavy (non-hydrogen) atoms. The third-order valence-electron chi connectivity index (χ3n) is 4.49. The number of amides is 1. The maximum atomic E-state index is 12.5. The van der Waals surface area contributed by atoms with Gasteiger partial charge in [-0.2, -0.15) is 0 Å². The van der Waals surface area contributed by atoms with Crippen LogP contribution < -0.4 is 10.6 Å². The van der Waals surface area contributed by atoms with Crippen molar-refractivity contribution in [3.8, 4) is 0 Å². The van der Waals surface area contributed by atoms with Crippen LogP contribution in [0.25, 0.3) is 0 Å². The first-order valence-corrected chi connectivity index (χ1v) is 8.11. The summed E-state index contributed by atoms with van der Waals surface area (Å²) >= 11 is 5.97. The Balaban J connectivity index is 1.83. The number of rotatable bonds is 5. The van der Waals surface area contributed by atoms with Crippen LogP contribution in [0.2, 0.25) is 5.02 Å². The van der Waals surface area contributed by atoms with Gasteiger partial charge in [-0.3, -0.25) is 4.79 Å². The number of halogens is 1. The quantitative estimate of drug-likeness (QED) is 0.878. The molecule has 1 fully saturated rings. The molecule has 2 rings (SSSR count). The number of nitrogens with one attached hydrogen (secondary N) is 2. The van der Waals surface area contributed by atoms with Gasteiger partial charge in [0.2, 0.25) is 5.91 Å². The maximum absolute atomic E-state index is 12.5. The van der Waals surface area contributed by atoms with E-state index in [0.717, 1.165) is 42.9 Å². The minimum absolute atomic E-state index is 0.151. The molecular formula is C17H25ClN2O. The Kier molecular flexibility index (Phi) is 5.65. The van der Waals surface area contributed by atoms with Crippen molar-refractivity contribution in [3.05, 3.63) is 34.9 Å². The first-order valence-electron chi connectivity index (χ1n) is 7.73. The smallest absolute Gasteiger partial charge is 0.225 e. The summed E-state index contributed by atoms with van der Waals surface area (Å²) in [4.78, 5) is 12.5. The summed E-state index contributed by atoms with van der Waals surface area (Å²) in [7, 11) is 0. The van der Waals surface area contributed by atoms with Gasteiger partial charge >= 0.3 is 0 Å². The monoisotopic (exact) mass is 308 g/mol. The highest BCUT2D eigenvalue weighted by Gasteiger charge is 2.36. The van der Waals surface area contributed by atoms with E-state index < -0.39 is 0 Å². The van der Waals surface area contributed by atoms with Gasteiger partial charge < -0.3 is 10.6 Å². The summed E-state index contributed by atoms with van der Waals surface area (Å²) in [5.74, 6) is 0.565. The minimum atomic E-state index is -0.318. The Morgan fingerprint density at radius 2 is 2.29 bits per heavy atom. The molecule has 0 aromatic heterocycles. The van der Waals surface area contributed by atoms with Crippen LogP contribution in [0.5, 0.6) is 0 Å². The van der Waals surface area contributed by atoms with E-state index in [1.807, 2.05) is 24.3 Å². The topological polar surface area (TPSA) is 41.1 Å². The van der Waals surface area contributed by atoms with Crippen LogP contribution in [0, 0.1) is 11.3 Å². The van der Waals surface area contributed by atoms with E-state index in [2.05, 4.69) is 24.5 Å². The summed E-state index contributed by atoms with van der Waals surface area (Å²) in [6, 6.07) is 7.79. The van der Waals surface area contributed by atoms with Crippen molar-refractivity contribution in [2.24, 2.45) is 11.3 Å². The lowest BCUT2D eigenvalue weighted by molar-refractivity contribution is -0.132. The zero-order chi connectivity index (χ0) is 15.3. The lowest BCUT2D eigenvalue weighted by Crippen LogP contribution is -2.47. The molecule has 0 bridgehead atoms. The standard InChI is InChI=1S/C17H25ClN2O/c1-17(2,14-6-4-9-19-12-14)16(21)20-10-8-13-5-3-7-15(18)11-13/h3,5,7,11,14,19H,4,6,8-10,12H2,1-2H3,(H,20,21). The van der Waals surface area contributed by atoms with Crippen molar-refractivity contribution in [1.82, 2.24) is 10.6 Å². The highest BCUT2D eigenvalue weighted by molar-refractivity contribution is 6.30. The summed E-state index contributed by atoms with van der Waals surface area (Å²) in [6.07, 6.45) is 3.09. The van der Waals surface area contributed by atoms with Crippen LogP contribution in [0.4, 0.5) is 0 Å². The van der Waals surface area contributed by atoms with Crippen LogP contribution >= 0.6 is 11.6 Å². The highest BCUT2D eigenvalue weighted by Crippen LogP contribution is 2.31. The Bertz CT molecular complexity index is 481. The predicted molar refractivity (Wildman–Crippen MR) is 87.5 cm³/mol. The number of hydrogen-bond acceptors (Lipinski definition) is 2. The summed E-state index contributed by atoms with van der Waals surface area (Å²) < 4.78 is 0. The second-order valence-electron chi connectivity index (χ2n) is 6.40. The summed E-state index contributed by atoms with van der Waals surface area (Å²) in [5.41, 5.74) is 0.835. The van der Waals surface area contributed by atoms with Crippen molar-refractivity contribution in [2.45, 2.75) is 33.1 Å². The fourth-order valence-corrected chi connectivity index (χ4v) is 3.11. The number of carbonyl (C=O) groups excluding carboxylic acids is 1. The highest BCUT2D eigenvalue weighted by atomic mass is 35.5. The predicted octanol–water partition coefficient (Wildman–Crippen LogP) is 3.02. The first-order chi connectivity index (χ1) is 10.00. The van der Waals surface area contributed by atoms with Crippen LogP contribution in [-0.4, -0.2) is 25.5 Å². The molecular weight excluding hydrogens is 284 g/mol. The van der Waals surface area contributed by atoms with Crippen LogP contribution in [0.15, 0.2) is 24.3 Å². The Morgan fingerprint density at radius 3 is 2.95 bits per heavy atom. The van der Waals surface area contributed by atoms with Gasteiger partial charge in [0, 0.05) is 17.0 Å². The van der Waals surface area contributed by atoms with E-state index in [9.17, 15) is 4.79 Å². The number of piperidine rings is 1. The van der Waals surface area contributed by atoms with Gasteiger partial charge in [0.15, 0.2) is 0 Å². The molecule has 1 amide bonds. The molecule has 4 heteroatoms. The van der Waals surface area contributed by atoms with E-state index in [1.165, 1.54) is 0 Å². The van der Waals surface area contributed by atoms with Gasteiger partial charge in [0.25, 0.3) is 0 Å². The second kappa shape index (κ2) is 7.28. The SMILES string of the molecule is CC(C)(C(=O)NCCc1cccc(Cl)c1)C1CCCNC1. The Hall–Kier alpha value is -1.06. The van der Waals surface area contributed by atoms with Crippen molar-refractivity contribution in [3.63, 3.8) is 0 Å². The molecule has 3 nitrogen and oxygen atoms in total. The molecule has 1 unspecified atom stereocenters. The van der Waals surface area contributed by atoms with Crippen LogP contribution in [-0.2, 0) is 11.2 Å². The average Bonchev–Trinajstić information content (AvgIpc) is 2.48. The normalized spacial score (nSPS) is 19.3. The molecule has 1 heterocycles. The van der Waals surface area contributed by atoms with Crippen molar-refractivity contribution < 1.29 is 4.79 Å². The summed E-state index contributed by atoms with van der Waals surface area (Å²) in [6.45, 7) is 6.78. The summed E-state index contributed by atoms with van der Waals surface area (Å²) in [5, 5.41) is 7.21. The molecule has 2 N–H and O–H groups in total. The molecule has 0 spiro atoms. The first kappa shape index (κ1) is 16.3. The third-order valence-corrected chi connectivity index (χ3v) is 4.73. The van der Waals surface area contributed by atoms with Crippen LogP contribution in [0.1, 0.15) is 32.3 Å². The molecule has 1 saturated heterocycles. The van der Waals surface area contributed by atoms with Gasteiger partial charge in [0.1, 0.15) is 0 Å². The van der Waals surface area contributed by atoms with Crippen molar-refractivity contribution in [2.75, 3.05) is 19.6 Å². The van der Waals surface area contributed by atoms with Gasteiger partial charge in [-0.15, -0.1) is 0 Å². The lowest BCUT2D eigenvalue weighted by Gasteiger charge is -2.36. The number of benzene rings is 1. The van der Waals surface area contributed by atoms with E-state index in [-0.39, 0.29) is 11.3 Å². The molecule has 0 aliphatic carbocycles. The zero-order valence-electron chi connectivity index (χ0n) is 12.9. The zero-order valence-corrected chi connectivity index (χ0v) is 13.7. The van der Waals surface area contributed by atoms with Gasteiger partial charge in [0.05, 0.1) is 0 Å². The fraction of sp³-hybridized carbons (Fsp3) is 0.588. The largest absolute Gasteiger partial charge is 0.355 e.